The van der Waals surface area contributed by atoms with Crippen LogP contribution in [-0.4, -0.2) is 28.2 Å². The largest absolute Gasteiger partial charge is 0.362 e. The van der Waals surface area contributed by atoms with E-state index in [1.165, 1.54) is 0 Å². The second-order valence-corrected chi connectivity index (χ2v) is 3.23. The van der Waals surface area contributed by atoms with E-state index < -0.39 is 0 Å². The highest BCUT2D eigenvalue weighted by atomic mass is 16.5. The lowest BCUT2D eigenvalue weighted by atomic mass is 10.1. The van der Waals surface area contributed by atoms with Crippen molar-refractivity contribution >= 4 is 6.29 Å². The number of benzene rings is 1. The summed E-state index contributed by atoms with van der Waals surface area (Å²) in [5.74, 6) is 0.528. The molecule has 0 radical (unpaired) electrons. The fourth-order valence-corrected chi connectivity index (χ4v) is 1.42. The van der Waals surface area contributed by atoms with Crippen LogP contribution in [0.4, 0.5) is 0 Å². The molecule has 0 saturated carbocycles. The monoisotopic (exact) mass is 217 g/mol. The van der Waals surface area contributed by atoms with Gasteiger partial charge in [-0.2, -0.15) is 0 Å². The molecule has 5 heteroatoms. The topological polar surface area (TPSA) is 57.0 Å². The van der Waals surface area contributed by atoms with Crippen LogP contribution in [0.2, 0.25) is 0 Å². The third-order valence-corrected chi connectivity index (χ3v) is 2.13. The average Bonchev–Trinajstić information content (AvgIpc) is 2.78. The number of methoxy groups -OCH3 is 1. The van der Waals surface area contributed by atoms with Gasteiger partial charge in [0.05, 0.1) is 0 Å². The van der Waals surface area contributed by atoms with E-state index in [0.29, 0.717) is 18.1 Å². The van der Waals surface area contributed by atoms with Gasteiger partial charge in [-0.1, -0.05) is 24.3 Å². The summed E-state index contributed by atoms with van der Waals surface area (Å²) >= 11 is 0. The molecule has 0 saturated heterocycles. The zero-order chi connectivity index (χ0) is 11.4. The predicted octanol–water partition coefficient (Wildman–Crippen LogP) is 1.36. The summed E-state index contributed by atoms with van der Waals surface area (Å²) in [5, 5.41) is 4.20. The summed E-state index contributed by atoms with van der Waals surface area (Å²) in [6, 6.07) is 7.20. The zero-order valence-electron chi connectivity index (χ0n) is 8.83. The van der Waals surface area contributed by atoms with Gasteiger partial charge in [0.15, 0.2) is 12.1 Å². The third kappa shape index (κ3) is 1.99. The van der Waals surface area contributed by atoms with E-state index in [-0.39, 0.29) is 0 Å². The predicted molar refractivity (Wildman–Crippen MR) is 57.9 cm³/mol. The van der Waals surface area contributed by atoms with E-state index in [1.54, 1.807) is 30.3 Å². The molecule has 1 heterocycles. The first-order valence-electron chi connectivity index (χ1n) is 4.78. The first-order chi connectivity index (χ1) is 7.85. The standard InChI is InChI=1S/C11H11N3O2/c1-16-8-14-7-12-11(13-14)10-5-3-2-4-9(10)6-15/h2-7H,8H2,1H3. The highest BCUT2D eigenvalue weighted by Crippen LogP contribution is 2.17. The molecule has 0 aliphatic rings. The minimum absolute atomic E-state index is 0.344. The van der Waals surface area contributed by atoms with E-state index >= 15 is 0 Å². The van der Waals surface area contributed by atoms with Gasteiger partial charge in [0.25, 0.3) is 0 Å². The molecule has 0 amide bonds. The Morgan fingerprint density at radius 1 is 1.44 bits per heavy atom. The maximum Gasteiger partial charge on any atom is 0.181 e. The summed E-state index contributed by atoms with van der Waals surface area (Å²) in [5.41, 5.74) is 1.31. The van der Waals surface area contributed by atoms with Gasteiger partial charge in [0.1, 0.15) is 13.1 Å². The van der Waals surface area contributed by atoms with Crippen LogP contribution in [0.15, 0.2) is 30.6 Å². The van der Waals surface area contributed by atoms with Gasteiger partial charge in [0.2, 0.25) is 0 Å². The SMILES string of the molecule is COCn1cnc(-c2ccccc2C=O)n1. The second kappa shape index (κ2) is 4.67. The van der Waals surface area contributed by atoms with Crippen LogP contribution in [-0.2, 0) is 11.5 Å². The van der Waals surface area contributed by atoms with E-state index in [1.807, 2.05) is 12.1 Å². The van der Waals surface area contributed by atoms with Crippen LogP contribution < -0.4 is 0 Å². The van der Waals surface area contributed by atoms with Gasteiger partial charge in [-0.25, -0.2) is 9.67 Å². The summed E-state index contributed by atoms with van der Waals surface area (Å²) in [4.78, 5) is 15.0. The minimum Gasteiger partial charge on any atom is -0.362 e. The van der Waals surface area contributed by atoms with Crippen LogP contribution >= 0.6 is 0 Å². The Balaban J connectivity index is 2.38. The minimum atomic E-state index is 0.344. The Hall–Kier alpha value is -2.01. The molecule has 0 fully saturated rings. The summed E-state index contributed by atoms with van der Waals surface area (Å²) in [6.45, 7) is 0.344. The van der Waals surface area contributed by atoms with E-state index in [0.717, 1.165) is 11.8 Å². The van der Waals surface area contributed by atoms with Crippen molar-refractivity contribution in [2.75, 3.05) is 7.11 Å². The number of hydrogen-bond acceptors (Lipinski definition) is 4. The molecular formula is C11H11N3O2. The molecule has 16 heavy (non-hydrogen) atoms. The fraction of sp³-hybridized carbons (Fsp3) is 0.182. The molecule has 0 aliphatic heterocycles. The lowest BCUT2D eigenvalue weighted by Gasteiger charge is -1.99. The lowest BCUT2D eigenvalue weighted by molar-refractivity contribution is 0.112. The maximum absolute atomic E-state index is 10.8. The molecule has 82 valence electrons. The Morgan fingerprint density at radius 3 is 3.00 bits per heavy atom. The van der Waals surface area contributed by atoms with Crippen molar-refractivity contribution in [2.24, 2.45) is 0 Å². The van der Waals surface area contributed by atoms with Crippen LogP contribution in [0.3, 0.4) is 0 Å². The Bertz CT molecular complexity index is 493. The maximum atomic E-state index is 10.8. The molecule has 0 bridgehead atoms. The van der Waals surface area contributed by atoms with Crippen molar-refractivity contribution < 1.29 is 9.53 Å². The van der Waals surface area contributed by atoms with Gasteiger partial charge in [-0.15, -0.1) is 5.10 Å². The van der Waals surface area contributed by atoms with Gasteiger partial charge in [-0.3, -0.25) is 4.79 Å². The fourth-order valence-electron chi connectivity index (χ4n) is 1.42. The van der Waals surface area contributed by atoms with Crippen molar-refractivity contribution in [1.82, 2.24) is 14.8 Å². The van der Waals surface area contributed by atoms with Crippen LogP contribution in [0.25, 0.3) is 11.4 Å². The molecule has 1 aromatic heterocycles. The number of carbonyl (C=O) groups excluding carboxylic acids is 1. The smallest absolute Gasteiger partial charge is 0.181 e. The molecule has 2 rings (SSSR count). The van der Waals surface area contributed by atoms with E-state index in [2.05, 4.69) is 10.1 Å². The number of ether oxygens (including phenoxy) is 1. The van der Waals surface area contributed by atoms with Gasteiger partial charge < -0.3 is 4.74 Å². The molecule has 0 N–H and O–H groups in total. The summed E-state index contributed by atoms with van der Waals surface area (Å²) < 4.78 is 6.49. The summed E-state index contributed by atoms with van der Waals surface area (Å²) in [7, 11) is 1.58. The Labute approximate surface area is 92.7 Å². The molecular weight excluding hydrogens is 206 g/mol. The van der Waals surface area contributed by atoms with Gasteiger partial charge in [-0.05, 0) is 0 Å². The van der Waals surface area contributed by atoms with Gasteiger partial charge in [0, 0.05) is 18.2 Å². The summed E-state index contributed by atoms with van der Waals surface area (Å²) in [6.07, 6.45) is 2.37. The highest BCUT2D eigenvalue weighted by molar-refractivity contribution is 5.85. The zero-order valence-corrected chi connectivity index (χ0v) is 8.83. The van der Waals surface area contributed by atoms with Crippen molar-refractivity contribution in [2.45, 2.75) is 6.73 Å². The molecule has 2 aromatic rings. The van der Waals surface area contributed by atoms with Crippen molar-refractivity contribution in [1.29, 1.82) is 0 Å². The van der Waals surface area contributed by atoms with E-state index in [9.17, 15) is 4.79 Å². The number of carbonyl (C=O) groups is 1. The number of nitrogens with zero attached hydrogens (tertiary/aromatic N) is 3. The van der Waals surface area contributed by atoms with Crippen molar-refractivity contribution in [3.63, 3.8) is 0 Å². The normalized spacial score (nSPS) is 10.3. The molecule has 5 nitrogen and oxygen atoms in total. The average molecular weight is 217 g/mol. The quantitative estimate of drug-likeness (QED) is 0.725. The van der Waals surface area contributed by atoms with Crippen molar-refractivity contribution in [3.05, 3.63) is 36.2 Å². The first-order valence-corrected chi connectivity index (χ1v) is 4.78. The van der Waals surface area contributed by atoms with Crippen LogP contribution in [0.5, 0.6) is 0 Å². The molecule has 1 aromatic carbocycles. The van der Waals surface area contributed by atoms with Crippen molar-refractivity contribution in [3.8, 4) is 11.4 Å². The molecule has 0 aliphatic carbocycles. The molecule has 0 spiro atoms. The second-order valence-electron chi connectivity index (χ2n) is 3.23. The lowest BCUT2D eigenvalue weighted by Crippen LogP contribution is -2.00. The first kappa shape index (κ1) is 10.5. The third-order valence-electron chi connectivity index (χ3n) is 2.13. The number of rotatable bonds is 4. The Kier molecular flexibility index (Phi) is 3.07. The Morgan fingerprint density at radius 2 is 2.25 bits per heavy atom. The molecule has 0 unspecified atom stereocenters. The van der Waals surface area contributed by atoms with Gasteiger partial charge >= 0.3 is 0 Å². The molecule has 0 atom stereocenters. The number of hydrogen-bond donors (Lipinski definition) is 0. The van der Waals surface area contributed by atoms with E-state index in [4.69, 9.17) is 4.74 Å². The van der Waals surface area contributed by atoms with Crippen LogP contribution in [0.1, 0.15) is 10.4 Å². The van der Waals surface area contributed by atoms with Crippen LogP contribution in [0, 0.1) is 0 Å². The highest BCUT2D eigenvalue weighted by Gasteiger charge is 2.08. The number of aromatic nitrogens is 3. The number of aldehydes is 1.